The first-order chi connectivity index (χ1) is 14.1. The summed E-state index contributed by atoms with van der Waals surface area (Å²) >= 11 is 3.67. The van der Waals surface area contributed by atoms with Gasteiger partial charge in [0, 0.05) is 15.7 Å². The lowest BCUT2D eigenvalue weighted by atomic mass is 10.2. The molecule has 0 unspecified atom stereocenters. The molecule has 144 valence electrons. The number of nitrogens with zero attached hydrogens (tertiary/aromatic N) is 5. The smallest absolute Gasteiger partial charge is 0.182 e. The molecule has 0 atom stereocenters. The summed E-state index contributed by atoms with van der Waals surface area (Å²) in [5, 5.41) is 5.65. The molecule has 0 fully saturated rings. The quantitative estimate of drug-likeness (QED) is 0.384. The summed E-state index contributed by atoms with van der Waals surface area (Å²) in [6.45, 7) is 4.21. The number of fused-ring (bicyclic) bond motifs is 3. The van der Waals surface area contributed by atoms with Gasteiger partial charge in [-0.05, 0) is 71.7 Å². The molecule has 3 heterocycles. The number of hydrogen-bond donors (Lipinski definition) is 0. The molecule has 0 aliphatic rings. The Morgan fingerprint density at radius 2 is 1.72 bits per heavy atom. The molecule has 3 aromatic heterocycles. The van der Waals surface area contributed by atoms with Crippen molar-refractivity contribution >= 4 is 32.6 Å². The van der Waals surface area contributed by atoms with E-state index in [9.17, 15) is 0 Å². The van der Waals surface area contributed by atoms with E-state index in [-0.39, 0.29) is 0 Å². The minimum absolute atomic E-state index is 0.660. The fraction of sp³-hybridized carbons (Fsp3) is 0.136. The fourth-order valence-electron chi connectivity index (χ4n) is 3.65. The zero-order valence-electron chi connectivity index (χ0n) is 16.2. The number of halogens is 1. The summed E-state index contributed by atoms with van der Waals surface area (Å²) in [7, 11) is 1.65. The minimum atomic E-state index is 0.660. The van der Waals surface area contributed by atoms with Crippen LogP contribution in [0.2, 0.25) is 0 Å². The SMILES string of the molecule is COc1ccc(-c2nc3c4c(C)c(C)n(-c5ccccc5Br)c4ncn3n2)cc1. The Labute approximate surface area is 175 Å². The molecule has 0 spiro atoms. The first-order valence-electron chi connectivity index (χ1n) is 9.21. The lowest BCUT2D eigenvalue weighted by Crippen LogP contribution is -2.00. The maximum absolute atomic E-state index is 5.24. The molecule has 0 amide bonds. The van der Waals surface area contributed by atoms with Crippen molar-refractivity contribution in [3.05, 3.63) is 70.6 Å². The van der Waals surface area contributed by atoms with E-state index in [1.165, 1.54) is 0 Å². The van der Waals surface area contributed by atoms with E-state index in [0.717, 1.165) is 49.4 Å². The first-order valence-corrected chi connectivity index (χ1v) is 10.00. The molecule has 5 rings (SSSR count). The van der Waals surface area contributed by atoms with Gasteiger partial charge in [-0.25, -0.2) is 14.5 Å². The Kier molecular flexibility index (Phi) is 4.13. The van der Waals surface area contributed by atoms with Crippen LogP contribution in [0.25, 0.3) is 33.8 Å². The Balaban J connectivity index is 1.76. The van der Waals surface area contributed by atoms with E-state index in [0.29, 0.717) is 5.82 Å². The van der Waals surface area contributed by atoms with Crippen LogP contribution in [-0.2, 0) is 0 Å². The van der Waals surface area contributed by atoms with Gasteiger partial charge in [-0.15, -0.1) is 5.10 Å². The van der Waals surface area contributed by atoms with Crippen molar-refractivity contribution in [2.24, 2.45) is 0 Å². The molecule has 29 heavy (non-hydrogen) atoms. The predicted octanol–water partition coefficient (Wildman–Crippen LogP) is 5.12. The van der Waals surface area contributed by atoms with Gasteiger partial charge in [-0.3, -0.25) is 4.57 Å². The van der Waals surface area contributed by atoms with E-state index < -0.39 is 0 Å². The van der Waals surface area contributed by atoms with Crippen LogP contribution in [0.3, 0.4) is 0 Å². The monoisotopic (exact) mass is 447 g/mol. The summed E-state index contributed by atoms with van der Waals surface area (Å²) in [6.07, 6.45) is 1.73. The number of methoxy groups -OCH3 is 1. The lowest BCUT2D eigenvalue weighted by Gasteiger charge is -2.09. The van der Waals surface area contributed by atoms with Gasteiger partial charge in [0.25, 0.3) is 0 Å². The van der Waals surface area contributed by atoms with Crippen molar-refractivity contribution < 1.29 is 4.74 Å². The Morgan fingerprint density at radius 3 is 2.45 bits per heavy atom. The highest BCUT2D eigenvalue weighted by molar-refractivity contribution is 9.10. The highest BCUT2D eigenvalue weighted by atomic mass is 79.9. The van der Waals surface area contributed by atoms with Gasteiger partial charge in [-0.1, -0.05) is 12.1 Å². The molecule has 0 N–H and O–H groups in total. The number of benzene rings is 2. The number of aromatic nitrogens is 5. The van der Waals surface area contributed by atoms with E-state index >= 15 is 0 Å². The number of ether oxygens (including phenoxy) is 1. The van der Waals surface area contributed by atoms with Crippen molar-refractivity contribution in [2.45, 2.75) is 13.8 Å². The van der Waals surface area contributed by atoms with Crippen molar-refractivity contribution in [1.82, 2.24) is 24.1 Å². The third kappa shape index (κ3) is 2.73. The summed E-state index contributed by atoms with van der Waals surface area (Å²) in [5.74, 6) is 1.46. The molecule has 7 heteroatoms. The van der Waals surface area contributed by atoms with Crippen molar-refractivity contribution in [3.8, 4) is 22.8 Å². The fourth-order valence-corrected chi connectivity index (χ4v) is 4.11. The van der Waals surface area contributed by atoms with Gasteiger partial charge in [0.2, 0.25) is 0 Å². The summed E-state index contributed by atoms with van der Waals surface area (Å²) in [6, 6.07) is 15.9. The third-order valence-corrected chi connectivity index (χ3v) is 5.94. The molecular weight excluding hydrogens is 430 g/mol. The minimum Gasteiger partial charge on any atom is -0.497 e. The first kappa shape index (κ1) is 17.9. The van der Waals surface area contributed by atoms with Crippen LogP contribution >= 0.6 is 15.9 Å². The van der Waals surface area contributed by atoms with Gasteiger partial charge in [0.1, 0.15) is 12.1 Å². The van der Waals surface area contributed by atoms with Crippen LogP contribution in [0, 0.1) is 13.8 Å². The number of aryl methyl sites for hydroxylation is 1. The van der Waals surface area contributed by atoms with Crippen LogP contribution in [-0.4, -0.2) is 31.3 Å². The molecule has 0 aliphatic heterocycles. The maximum Gasteiger partial charge on any atom is 0.182 e. The number of hydrogen-bond acceptors (Lipinski definition) is 4. The van der Waals surface area contributed by atoms with Gasteiger partial charge in [0.05, 0.1) is 18.2 Å². The molecule has 5 aromatic rings. The summed E-state index contributed by atoms with van der Waals surface area (Å²) < 4.78 is 10.2. The average molecular weight is 448 g/mol. The van der Waals surface area contributed by atoms with Crippen LogP contribution < -0.4 is 4.74 Å². The van der Waals surface area contributed by atoms with E-state index in [2.05, 4.69) is 45.5 Å². The van der Waals surface area contributed by atoms with Gasteiger partial charge in [-0.2, -0.15) is 0 Å². The highest BCUT2D eigenvalue weighted by Crippen LogP contribution is 2.33. The van der Waals surface area contributed by atoms with Crippen LogP contribution in [0.5, 0.6) is 5.75 Å². The summed E-state index contributed by atoms with van der Waals surface area (Å²) in [4.78, 5) is 9.57. The van der Waals surface area contributed by atoms with Crippen LogP contribution in [0.1, 0.15) is 11.3 Å². The van der Waals surface area contributed by atoms with E-state index in [1.54, 1.807) is 18.0 Å². The predicted molar refractivity (Wildman–Crippen MR) is 117 cm³/mol. The number of para-hydroxylation sites is 1. The second-order valence-electron chi connectivity index (χ2n) is 6.87. The normalized spacial score (nSPS) is 11.4. The van der Waals surface area contributed by atoms with Crippen molar-refractivity contribution in [2.75, 3.05) is 7.11 Å². The zero-order valence-corrected chi connectivity index (χ0v) is 17.8. The summed E-state index contributed by atoms with van der Waals surface area (Å²) in [5.41, 5.74) is 5.92. The molecule has 2 aromatic carbocycles. The van der Waals surface area contributed by atoms with Crippen molar-refractivity contribution in [1.29, 1.82) is 0 Å². The van der Waals surface area contributed by atoms with E-state index in [1.807, 2.05) is 42.5 Å². The van der Waals surface area contributed by atoms with Gasteiger partial charge in [0.15, 0.2) is 17.1 Å². The molecule has 0 aliphatic carbocycles. The molecule has 0 saturated heterocycles. The Bertz CT molecular complexity index is 1370. The molecule has 0 radical (unpaired) electrons. The lowest BCUT2D eigenvalue weighted by molar-refractivity contribution is 0.415. The second kappa shape index (κ2) is 6.70. The zero-order chi connectivity index (χ0) is 20.1. The second-order valence-corrected chi connectivity index (χ2v) is 7.73. The Hall–Kier alpha value is -3.19. The topological polar surface area (TPSA) is 57.2 Å². The van der Waals surface area contributed by atoms with Crippen LogP contribution in [0.4, 0.5) is 0 Å². The third-order valence-electron chi connectivity index (χ3n) is 5.27. The molecule has 0 bridgehead atoms. The molecule has 0 saturated carbocycles. The molecule has 6 nitrogen and oxygen atoms in total. The highest BCUT2D eigenvalue weighted by Gasteiger charge is 2.20. The number of rotatable bonds is 3. The average Bonchev–Trinajstić information content (AvgIpc) is 3.28. The van der Waals surface area contributed by atoms with Crippen molar-refractivity contribution in [3.63, 3.8) is 0 Å². The Morgan fingerprint density at radius 1 is 0.966 bits per heavy atom. The standard InChI is InChI=1S/C22H18BrN5O/c1-13-14(2)28(18-7-5-4-6-17(18)23)21-19(13)22-25-20(26-27(22)12-24-21)15-8-10-16(29-3)11-9-15/h4-12H,1-3H3. The largest absolute Gasteiger partial charge is 0.497 e. The van der Waals surface area contributed by atoms with Gasteiger partial charge < -0.3 is 4.74 Å². The van der Waals surface area contributed by atoms with Crippen LogP contribution in [0.15, 0.2) is 59.3 Å². The van der Waals surface area contributed by atoms with E-state index in [4.69, 9.17) is 14.7 Å². The van der Waals surface area contributed by atoms with Gasteiger partial charge >= 0.3 is 0 Å². The molecular formula is C22H18BrN5O. The maximum atomic E-state index is 5.24.